The maximum atomic E-state index is 12.7. The first-order valence-electron chi connectivity index (χ1n) is 8.03. The SMILES string of the molecule is O=C1CCCC2c3cc(-c4ccc(C(F)(F)F)cc4)oc3CCN12. The molecule has 1 saturated heterocycles. The van der Waals surface area contributed by atoms with Crippen molar-refractivity contribution in [3.8, 4) is 11.3 Å². The molecular formula is C18H16F3NO2. The zero-order valence-corrected chi connectivity index (χ0v) is 12.9. The fourth-order valence-corrected chi connectivity index (χ4v) is 3.63. The number of rotatable bonds is 1. The van der Waals surface area contributed by atoms with Gasteiger partial charge in [-0.2, -0.15) is 13.2 Å². The predicted octanol–water partition coefficient (Wildman–Crippen LogP) is 4.58. The average molecular weight is 335 g/mol. The van der Waals surface area contributed by atoms with Crippen molar-refractivity contribution < 1.29 is 22.4 Å². The van der Waals surface area contributed by atoms with Gasteiger partial charge in [-0.05, 0) is 31.0 Å². The lowest BCUT2D eigenvalue weighted by atomic mass is 9.90. The van der Waals surface area contributed by atoms with Gasteiger partial charge in [-0.25, -0.2) is 0 Å². The number of fused-ring (bicyclic) bond motifs is 3. The summed E-state index contributed by atoms with van der Waals surface area (Å²) in [5.74, 6) is 1.59. The second kappa shape index (κ2) is 5.40. The first-order chi connectivity index (χ1) is 11.4. The lowest BCUT2D eigenvalue weighted by Crippen LogP contribution is -2.42. The summed E-state index contributed by atoms with van der Waals surface area (Å²) in [5.41, 5.74) is 0.946. The van der Waals surface area contributed by atoms with Crippen LogP contribution in [0.1, 0.15) is 42.2 Å². The topological polar surface area (TPSA) is 33.5 Å². The molecule has 2 aliphatic rings. The van der Waals surface area contributed by atoms with Gasteiger partial charge in [0.2, 0.25) is 5.91 Å². The van der Waals surface area contributed by atoms with E-state index in [4.69, 9.17) is 4.42 Å². The number of benzene rings is 1. The monoisotopic (exact) mass is 335 g/mol. The molecule has 1 aromatic heterocycles. The number of alkyl halides is 3. The average Bonchev–Trinajstić information content (AvgIpc) is 2.99. The van der Waals surface area contributed by atoms with Crippen molar-refractivity contribution in [2.75, 3.05) is 6.54 Å². The Balaban J connectivity index is 1.66. The molecule has 1 fully saturated rings. The van der Waals surface area contributed by atoms with Gasteiger partial charge >= 0.3 is 6.18 Å². The highest BCUT2D eigenvalue weighted by molar-refractivity contribution is 5.78. The van der Waals surface area contributed by atoms with E-state index >= 15 is 0 Å². The molecule has 1 atom stereocenters. The molecule has 0 aliphatic carbocycles. The molecule has 0 spiro atoms. The third kappa shape index (κ3) is 2.50. The summed E-state index contributed by atoms with van der Waals surface area (Å²) in [7, 11) is 0. The molecule has 0 bridgehead atoms. The van der Waals surface area contributed by atoms with Crippen molar-refractivity contribution >= 4 is 5.91 Å². The van der Waals surface area contributed by atoms with E-state index in [0.29, 0.717) is 30.7 Å². The van der Waals surface area contributed by atoms with Crippen LogP contribution in [-0.4, -0.2) is 17.4 Å². The Bertz CT molecular complexity index is 777. The highest BCUT2D eigenvalue weighted by atomic mass is 19.4. The third-order valence-electron chi connectivity index (χ3n) is 4.84. The molecule has 3 nitrogen and oxygen atoms in total. The normalized spacial score (nSPS) is 20.7. The number of halogens is 3. The number of carbonyl (C=O) groups is 1. The van der Waals surface area contributed by atoms with Crippen molar-refractivity contribution in [3.63, 3.8) is 0 Å². The summed E-state index contributed by atoms with van der Waals surface area (Å²) in [6, 6.07) is 6.91. The molecule has 1 unspecified atom stereocenters. The first-order valence-corrected chi connectivity index (χ1v) is 8.03. The van der Waals surface area contributed by atoms with Gasteiger partial charge in [-0.1, -0.05) is 12.1 Å². The summed E-state index contributed by atoms with van der Waals surface area (Å²) < 4.78 is 43.9. The van der Waals surface area contributed by atoms with Crippen LogP contribution in [0.5, 0.6) is 0 Å². The van der Waals surface area contributed by atoms with Gasteiger partial charge in [0.15, 0.2) is 0 Å². The molecule has 4 rings (SSSR count). The molecule has 0 saturated carbocycles. The van der Waals surface area contributed by atoms with E-state index in [0.717, 1.165) is 36.3 Å². The molecule has 3 heterocycles. The number of amides is 1. The molecule has 126 valence electrons. The van der Waals surface area contributed by atoms with E-state index < -0.39 is 11.7 Å². The van der Waals surface area contributed by atoms with Crippen LogP contribution >= 0.6 is 0 Å². The summed E-state index contributed by atoms with van der Waals surface area (Å²) in [5, 5.41) is 0. The minimum absolute atomic E-state index is 0.0435. The summed E-state index contributed by atoms with van der Waals surface area (Å²) >= 11 is 0. The molecule has 2 aromatic rings. The Kier molecular flexibility index (Phi) is 3.44. The largest absolute Gasteiger partial charge is 0.461 e. The Labute approximate surface area is 137 Å². The van der Waals surface area contributed by atoms with Crippen molar-refractivity contribution in [2.45, 2.75) is 37.9 Å². The van der Waals surface area contributed by atoms with Crippen LogP contribution in [0.2, 0.25) is 0 Å². The number of carbonyl (C=O) groups excluding carboxylic acids is 1. The van der Waals surface area contributed by atoms with Gasteiger partial charge in [0, 0.05) is 30.5 Å². The van der Waals surface area contributed by atoms with E-state index in [1.165, 1.54) is 12.1 Å². The van der Waals surface area contributed by atoms with Crippen LogP contribution < -0.4 is 0 Å². The van der Waals surface area contributed by atoms with Gasteiger partial charge in [-0.15, -0.1) is 0 Å². The highest BCUT2D eigenvalue weighted by Gasteiger charge is 2.36. The number of hydrogen-bond donors (Lipinski definition) is 0. The van der Waals surface area contributed by atoms with E-state index in [1.54, 1.807) is 0 Å². The maximum absolute atomic E-state index is 12.7. The Morgan fingerprint density at radius 1 is 1.12 bits per heavy atom. The third-order valence-corrected chi connectivity index (χ3v) is 4.84. The van der Waals surface area contributed by atoms with Crippen LogP contribution in [0, 0.1) is 0 Å². The van der Waals surface area contributed by atoms with Crippen LogP contribution in [0.4, 0.5) is 13.2 Å². The number of nitrogens with zero attached hydrogens (tertiary/aromatic N) is 1. The number of hydrogen-bond acceptors (Lipinski definition) is 2. The molecule has 1 amide bonds. The van der Waals surface area contributed by atoms with E-state index in [9.17, 15) is 18.0 Å². The zero-order valence-electron chi connectivity index (χ0n) is 12.9. The van der Waals surface area contributed by atoms with E-state index in [1.807, 2.05) is 11.0 Å². The maximum Gasteiger partial charge on any atom is 0.416 e. The summed E-state index contributed by atoms with van der Waals surface area (Å²) in [6.07, 6.45) is -1.33. The fraction of sp³-hybridized carbons (Fsp3) is 0.389. The van der Waals surface area contributed by atoms with Crippen LogP contribution in [0.25, 0.3) is 11.3 Å². The van der Waals surface area contributed by atoms with Gasteiger partial charge in [0.25, 0.3) is 0 Å². The second-order valence-corrected chi connectivity index (χ2v) is 6.31. The van der Waals surface area contributed by atoms with E-state index in [-0.39, 0.29) is 11.9 Å². The van der Waals surface area contributed by atoms with Crippen molar-refractivity contribution in [2.24, 2.45) is 0 Å². The molecular weight excluding hydrogens is 319 g/mol. The van der Waals surface area contributed by atoms with Crippen LogP contribution in [-0.2, 0) is 17.4 Å². The molecule has 6 heteroatoms. The summed E-state index contributed by atoms with van der Waals surface area (Å²) in [4.78, 5) is 13.9. The minimum atomic E-state index is -4.34. The lowest BCUT2D eigenvalue weighted by Gasteiger charge is -2.38. The number of furan rings is 1. The van der Waals surface area contributed by atoms with Crippen LogP contribution in [0.3, 0.4) is 0 Å². The number of piperidine rings is 1. The Morgan fingerprint density at radius 2 is 1.88 bits per heavy atom. The smallest absolute Gasteiger partial charge is 0.416 e. The quantitative estimate of drug-likeness (QED) is 0.764. The highest BCUT2D eigenvalue weighted by Crippen LogP contribution is 2.41. The second-order valence-electron chi connectivity index (χ2n) is 6.31. The molecule has 2 aliphatic heterocycles. The molecule has 1 aromatic carbocycles. The Hall–Kier alpha value is -2.24. The van der Waals surface area contributed by atoms with Gasteiger partial charge in [-0.3, -0.25) is 4.79 Å². The summed E-state index contributed by atoms with van der Waals surface area (Å²) in [6.45, 7) is 0.649. The zero-order chi connectivity index (χ0) is 16.9. The minimum Gasteiger partial charge on any atom is -0.461 e. The van der Waals surface area contributed by atoms with Gasteiger partial charge in [0.05, 0.1) is 11.6 Å². The Morgan fingerprint density at radius 3 is 2.58 bits per heavy atom. The van der Waals surface area contributed by atoms with Gasteiger partial charge < -0.3 is 9.32 Å². The van der Waals surface area contributed by atoms with Crippen LogP contribution in [0.15, 0.2) is 34.7 Å². The lowest BCUT2D eigenvalue weighted by molar-refractivity contribution is -0.138. The molecule has 0 radical (unpaired) electrons. The first kappa shape index (κ1) is 15.3. The van der Waals surface area contributed by atoms with Crippen molar-refractivity contribution in [3.05, 3.63) is 47.2 Å². The molecule has 0 N–H and O–H groups in total. The standard InChI is InChI=1S/C18H16F3NO2/c19-18(20,21)12-6-4-11(5-7-12)16-10-13-14-2-1-3-17(23)22(14)9-8-15(13)24-16/h4-7,10,14H,1-3,8-9H2. The molecule has 24 heavy (non-hydrogen) atoms. The van der Waals surface area contributed by atoms with Gasteiger partial charge in [0.1, 0.15) is 11.5 Å². The van der Waals surface area contributed by atoms with Crippen molar-refractivity contribution in [1.29, 1.82) is 0 Å². The van der Waals surface area contributed by atoms with Crippen molar-refractivity contribution in [1.82, 2.24) is 4.90 Å². The fourth-order valence-electron chi connectivity index (χ4n) is 3.63. The van der Waals surface area contributed by atoms with E-state index in [2.05, 4.69) is 0 Å². The predicted molar refractivity (Wildman–Crippen MR) is 81.2 cm³/mol.